The first-order valence-electron chi connectivity index (χ1n) is 2.92. The molecule has 1 aliphatic rings. The molecule has 0 spiro atoms. The third kappa shape index (κ3) is 1.55. The summed E-state index contributed by atoms with van der Waals surface area (Å²) in [5, 5.41) is 2.91. The van der Waals surface area contributed by atoms with Crippen LogP contribution in [0.3, 0.4) is 0 Å². The van der Waals surface area contributed by atoms with Gasteiger partial charge in [0, 0.05) is 6.54 Å². The first-order chi connectivity index (χ1) is 4.33. The molecular weight excluding hydrogens is 114 g/mol. The molecule has 1 rings (SSSR count). The number of hydrogen-bond acceptors (Lipinski definition) is 3. The zero-order chi connectivity index (χ0) is 6.69. The predicted octanol–water partition coefficient (Wildman–Crippen LogP) is -0.727. The zero-order valence-electron chi connectivity index (χ0n) is 5.17. The molecule has 0 bridgehead atoms. The molecule has 0 aromatic rings. The second-order valence-electron chi connectivity index (χ2n) is 1.97. The lowest BCUT2D eigenvalue weighted by Gasteiger charge is -2.12. The van der Waals surface area contributed by atoms with Gasteiger partial charge in [0.05, 0.1) is 6.17 Å². The SMILES string of the molecule is NCC1=CC(N)NC=C1. The van der Waals surface area contributed by atoms with Crippen molar-refractivity contribution in [3.05, 3.63) is 23.9 Å². The Balaban J connectivity index is 2.59. The van der Waals surface area contributed by atoms with E-state index < -0.39 is 0 Å². The smallest absolute Gasteiger partial charge is 0.0937 e. The molecule has 1 heterocycles. The van der Waals surface area contributed by atoms with Crippen molar-refractivity contribution in [2.24, 2.45) is 11.5 Å². The summed E-state index contributed by atoms with van der Waals surface area (Å²) in [6.45, 7) is 0.561. The van der Waals surface area contributed by atoms with Gasteiger partial charge in [-0.15, -0.1) is 0 Å². The van der Waals surface area contributed by atoms with Crippen LogP contribution in [0.15, 0.2) is 23.9 Å². The Kier molecular flexibility index (Phi) is 1.87. The van der Waals surface area contributed by atoms with Gasteiger partial charge in [0.15, 0.2) is 0 Å². The van der Waals surface area contributed by atoms with Crippen LogP contribution in [-0.2, 0) is 0 Å². The molecule has 1 atom stereocenters. The molecule has 0 saturated heterocycles. The van der Waals surface area contributed by atoms with Crippen LogP contribution < -0.4 is 16.8 Å². The van der Waals surface area contributed by atoms with Gasteiger partial charge in [0.2, 0.25) is 0 Å². The summed E-state index contributed by atoms with van der Waals surface area (Å²) in [5.41, 5.74) is 12.0. The van der Waals surface area contributed by atoms with E-state index in [4.69, 9.17) is 11.5 Å². The molecule has 5 N–H and O–H groups in total. The number of dihydropyridines is 1. The summed E-state index contributed by atoms with van der Waals surface area (Å²) in [4.78, 5) is 0. The van der Waals surface area contributed by atoms with Crippen LogP contribution in [0.2, 0.25) is 0 Å². The van der Waals surface area contributed by atoms with Crippen LogP contribution in [0.5, 0.6) is 0 Å². The lowest BCUT2D eigenvalue weighted by Crippen LogP contribution is -2.34. The van der Waals surface area contributed by atoms with Crippen LogP contribution in [0.1, 0.15) is 0 Å². The lowest BCUT2D eigenvalue weighted by atomic mass is 10.2. The maximum atomic E-state index is 5.51. The maximum absolute atomic E-state index is 5.51. The summed E-state index contributed by atoms with van der Waals surface area (Å²) in [6.07, 6.45) is 5.57. The van der Waals surface area contributed by atoms with E-state index in [2.05, 4.69) is 5.32 Å². The second-order valence-corrected chi connectivity index (χ2v) is 1.97. The summed E-state index contributed by atoms with van der Waals surface area (Å²) in [7, 11) is 0. The molecular formula is C6H11N3. The topological polar surface area (TPSA) is 64.1 Å². The van der Waals surface area contributed by atoms with Gasteiger partial charge in [-0.05, 0) is 23.9 Å². The Hall–Kier alpha value is -0.800. The maximum Gasteiger partial charge on any atom is 0.0937 e. The van der Waals surface area contributed by atoms with Gasteiger partial charge < -0.3 is 16.8 Å². The van der Waals surface area contributed by atoms with E-state index in [9.17, 15) is 0 Å². The van der Waals surface area contributed by atoms with E-state index in [-0.39, 0.29) is 6.17 Å². The Bertz CT molecular complexity index is 148. The molecule has 1 unspecified atom stereocenters. The third-order valence-corrected chi connectivity index (χ3v) is 1.22. The van der Waals surface area contributed by atoms with Gasteiger partial charge in [0.25, 0.3) is 0 Å². The Morgan fingerprint density at radius 3 is 2.89 bits per heavy atom. The van der Waals surface area contributed by atoms with Crippen molar-refractivity contribution in [3.63, 3.8) is 0 Å². The fourth-order valence-electron chi connectivity index (χ4n) is 0.737. The molecule has 0 aromatic carbocycles. The van der Waals surface area contributed by atoms with Crippen molar-refractivity contribution >= 4 is 0 Å². The van der Waals surface area contributed by atoms with Gasteiger partial charge in [-0.25, -0.2) is 0 Å². The highest BCUT2D eigenvalue weighted by Gasteiger charge is 1.99. The highest BCUT2D eigenvalue weighted by atomic mass is 15.0. The molecule has 0 aliphatic carbocycles. The van der Waals surface area contributed by atoms with E-state index >= 15 is 0 Å². The summed E-state index contributed by atoms with van der Waals surface area (Å²) >= 11 is 0. The lowest BCUT2D eigenvalue weighted by molar-refractivity contribution is 0.718. The average molecular weight is 125 g/mol. The largest absolute Gasteiger partial charge is 0.373 e. The van der Waals surface area contributed by atoms with Crippen molar-refractivity contribution in [1.82, 2.24) is 5.32 Å². The van der Waals surface area contributed by atoms with E-state index in [1.807, 2.05) is 18.4 Å². The molecule has 1 aliphatic heterocycles. The third-order valence-electron chi connectivity index (χ3n) is 1.22. The quantitative estimate of drug-likeness (QED) is 0.433. The van der Waals surface area contributed by atoms with Crippen LogP contribution in [-0.4, -0.2) is 12.7 Å². The van der Waals surface area contributed by atoms with Crippen LogP contribution in [0.4, 0.5) is 0 Å². The van der Waals surface area contributed by atoms with Gasteiger partial charge in [0.1, 0.15) is 0 Å². The monoisotopic (exact) mass is 125 g/mol. The van der Waals surface area contributed by atoms with Crippen LogP contribution in [0, 0.1) is 0 Å². The molecule has 0 amide bonds. The first kappa shape index (κ1) is 6.32. The molecule has 50 valence electrons. The zero-order valence-corrected chi connectivity index (χ0v) is 5.17. The number of nitrogens with two attached hydrogens (primary N) is 2. The van der Waals surface area contributed by atoms with E-state index in [1.165, 1.54) is 0 Å². The minimum absolute atomic E-state index is 0.0615. The molecule has 3 heteroatoms. The van der Waals surface area contributed by atoms with Crippen molar-refractivity contribution in [1.29, 1.82) is 0 Å². The normalized spacial score (nSPS) is 25.1. The average Bonchev–Trinajstić information content (AvgIpc) is 1.88. The Labute approximate surface area is 54.4 Å². The van der Waals surface area contributed by atoms with Crippen molar-refractivity contribution in [2.75, 3.05) is 6.54 Å². The van der Waals surface area contributed by atoms with Crippen molar-refractivity contribution in [2.45, 2.75) is 6.17 Å². The summed E-state index contributed by atoms with van der Waals surface area (Å²) in [5.74, 6) is 0. The summed E-state index contributed by atoms with van der Waals surface area (Å²) < 4.78 is 0. The van der Waals surface area contributed by atoms with Gasteiger partial charge in [-0.2, -0.15) is 0 Å². The van der Waals surface area contributed by atoms with Crippen molar-refractivity contribution < 1.29 is 0 Å². The van der Waals surface area contributed by atoms with E-state index in [0.29, 0.717) is 6.54 Å². The summed E-state index contributed by atoms with van der Waals surface area (Å²) in [6, 6.07) is 0. The first-order valence-corrected chi connectivity index (χ1v) is 2.92. The standard InChI is InChI=1S/C6H11N3/c7-4-5-1-2-9-6(8)3-5/h1-3,6,9H,4,7-8H2. The fourth-order valence-corrected chi connectivity index (χ4v) is 0.737. The molecule has 0 saturated carbocycles. The minimum Gasteiger partial charge on any atom is -0.373 e. The molecule has 0 radical (unpaired) electrons. The number of hydrogen-bond donors (Lipinski definition) is 3. The molecule has 9 heavy (non-hydrogen) atoms. The van der Waals surface area contributed by atoms with Crippen molar-refractivity contribution in [3.8, 4) is 0 Å². The van der Waals surface area contributed by atoms with Crippen LogP contribution in [0.25, 0.3) is 0 Å². The van der Waals surface area contributed by atoms with Crippen LogP contribution >= 0.6 is 0 Å². The highest BCUT2D eigenvalue weighted by molar-refractivity contribution is 5.24. The fraction of sp³-hybridized carbons (Fsp3) is 0.333. The van der Waals surface area contributed by atoms with E-state index in [0.717, 1.165) is 5.57 Å². The highest BCUT2D eigenvalue weighted by Crippen LogP contribution is 1.98. The van der Waals surface area contributed by atoms with Gasteiger partial charge >= 0.3 is 0 Å². The Morgan fingerprint density at radius 2 is 2.44 bits per heavy atom. The number of rotatable bonds is 1. The molecule has 0 aromatic heterocycles. The molecule has 3 nitrogen and oxygen atoms in total. The molecule has 0 fully saturated rings. The number of nitrogens with one attached hydrogen (secondary N) is 1. The van der Waals surface area contributed by atoms with Gasteiger partial charge in [-0.3, -0.25) is 0 Å². The minimum atomic E-state index is -0.0615. The second kappa shape index (κ2) is 2.66. The predicted molar refractivity (Wildman–Crippen MR) is 37.4 cm³/mol. The van der Waals surface area contributed by atoms with E-state index in [1.54, 1.807) is 0 Å². The Morgan fingerprint density at radius 1 is 1.67 bits per heavy atom. The van der Waals surface area contributed by atoms with Gasteiger partial charge in [-0.1, -0.05) is 0 Å².